The van der Waals surface area contributed by atoms with Crippen LogP contribution in [0.1, 0.15) is 31.5 Å². The Labute approximate surface area is 142 Å². The van der Waals surface area contributed by atoms with Gasteiger partial charge in [-0.3, -0.25) is 14.4 Å². The van der Waals surface area contributed by atoms with Crippen molar-refractivity contribution in [1.82, 2.24) is 20.0 Å². The zero-order chi connectivity index (χ0) is 17.1. The summed E-state index contributed by atoms with van der Waals surface area (Å²) in [4.78, 5) is 14.7. The Morgan fingerprint density at radius 2 is 2.04 bits per heavy atom. The lowest BCUT2D eigenvalue weighted by Crippen LogP contribution is -2.56. The van der Waals surface area contributed by atoms with Crippen LogP contribution in [-0.4, -0.2) is 46.8 Å². The van der Waals surface area contributed by atoms with Crippen LogP contribution >= 0.6 is 0 Å². The Balaban J connectivity index is 1.55. The van der Waals surface area contributed by atoms with E-state index < -0.39 is 0 Å². The molecule has 0 spiro atoms. The van der Waals surface area contributed by atoms with Crippen LogP contribution in [0.25, 0.3) is 0 Å². The van der Waals surface area contributed by atoms with Crippen molar-refractivity contribution in [2.45, 2.75) is 32.0 Å². The lowest BCUT2D eigenvalue weighted by atomic mass is 10.0. The highest BCUT2D eigenvalue weighted by atomic mass is 16.5. The number of likely N-dealkylation sites (tertiary alicyclic amines) is 1. The number of benzene rings is 1. The molecule has 0 bridgehead atoms. The third-order valence-electron chi connectivity index (χ3n) is 4.68. The van der Waals surface area contributed by atoms with E-state index in [1.54, 1.807) is 13.3 Å². The predicted octanol–water partition coefficient (Wildman–Crippen LogP) is 2.01. The molecule has 1 fully saturated rings. The molecule has 1 aliphatic heterocycles. The lowest BCUT2D eigenvalue weighted by molar-refractivity contribution is -0.129. The van der Waals surface area contributed by atoms with Gasteiger partial charge in [0.15, 0.2) is 0 Å². The SMILES string of the molecule is COc1ccccc1[C@@H](C)NC(=O)[C@@H](C)N1CC(n2cccn2)C1. The van der Waals surface area contributed by atoms with Gasteiger partial charge in [0.1, 0.15) is 5.75 Å². The number of carbonyl (C=O) groups excluding carboxylic acids is 1. The molecule has 1 saturated heterocycles. The molecule has 1 N–H and O–H groups in total. The van der Waals surface area contributed by atoms with Crippen LogP contribution in [0.4, 0.5) is 0 Å². The maximum atomic E-state index is 12.5. The summed E-state index contributed by atoms with van der Waals surface area (Å²) >= 11 is 0. The van der Waals surface area contributed by atoms with Gasteiger partial charge in [-0.15, -0.1) is 0 Å². The number of hydrogen-bond acceptors (Lipinski definition) is 4. The first kappa shape index (κ1) is 16.5. The second kappa shape index (κ2) is 7.05. The van der Waals surface area contributed by atoms with Crippen LogP contribution < -0.4 is 10.1 Å². The number of para-hydroxylation sites is 1. The minimum Gasteiger partial charge on any atom is -0.496 e. The van der Waals surface area contributed by atoms with Crippen molar-refractivity contribution in [1.29, 1.82) is 0 Å². The van der Waals surface area contributed by atoms with E-state index in [0.717, 1.165) is 24.4 Å². The molecule has 0 aliphatic carbocycles. The van der Waals surface area contributed by atoms with E-state index in [1.165, 1.54) is 0 Å². The molecular formula is C18H24N4O2. The molecule has 0 saturated carbocycles. The van der Waals surface area contributed by atoms with Gasteiger partial charge >= 0.3 is 0 Å². The van der Waals surface area contributed by atoms with E-state index in [1.807, 2.05) is 55.1 Å². The van der Waals surface area contributed by atoms with E-state index in [-0.39, 0.29) is 18.0 Å². The van der Waals surface area contributed by atoms with Crippen LogP contribution in [0.5, 0.6) is 5.75 Å². The van der Waals surface area contributed by atoms with E-state index in [0.29, 0.717) is 6.04 Å². The maximum Gasteiger partial charge on any atom is 0.237 e. The topological polar surface area (TPSA) is 59.4 Å². The molecule has 1 aromatic carbocycles. The number of carbonyl (C=O) groups is 1. The third-order valence-corrected chi connectivity index (χ3v) is 4.68. The van der Waals surface area contributed by atoms with Gasteiger partial charge in [-0.2, -0.15) is 5.10 Å². The molecule has 6 heteroatoms. The number of ether oxygens (including phenoxy) is 1. The number of methoxy groups -OCH3 is 1. The summed E-state index contributed by atoms with van der Waals surface area (Å²) in [5.41, 5.74) is 0.985. The summed E-state index contributed by atoms with van der Waals surface area (Å²) in [6.07, 6.45) is 3.75. The van der Waals surface area contributed by atoms with Gasteiger partial charge in [0.25, 0.3) is 0 Å². The summed E-state index contributed by atoms with van der Waals surface area (Å²) in [5, 5.41) is 7.35. The molecule has 0 radical (unpaired) electrons. The Morgan fingerprint density at radius 3 is 2.71 bits per heavy atom. The second-order valence-electron chi connectivity index (χ2n) is 6.24. The van der Waals surface area contributed by atoms with Gasteiger partial charge < -0.3 is 10.1 Å². The minimum atomic E-state index is -0.158. The summed E-state index contributed by atoms with van der Waals surface area (Å²) in [6, 6.07) is 9.80. The van der Waals surface area contributed by atoms with Gasteiger partial charge in [0.05, 0.1) is 25.2 Å². The molecule has 1 aliphatic rings. The minimum absolute atomic E-state index is 0.0346. The highest BCUT2D eigenvalue weighted by Gasteiger charge is 2.35. The summed E-state index contributed by atoms with van der Waals surface area (Å²) in [5.74, 6) is 0.827. The molecule has 1 amide bonds. The van der Waals surface area contributed by atoms with E-state index in [2.05, 4.69) is 15.3 Å². The van der Waals surface area contributed by atoms with Crippen molar-refractivity contribution in [3.05, 3.63) is 48.3 Å². The van der Waals surface area contributed by atoms with Gasteiger partial charge in [-0.05, 0) is 26.0 Å². The van der Waals surface area contributed by atoms with Crippen molar-refractivity contribution >= 4 is 5.91 Å². The van der Waals surface area contributed by atoms with Crippen LogP contribution in [0, 0.1) is 0 Å². The standard InChI is InChI=1S/C18H24N4O2/c1-13(16-7-4-5-8-17(16)24-3)20-18(23)14(2)21-11-15(12-21)22-10-6-9-19-22/h4-10,13-15H,11-12H2,1-3H3,(H,20,23)/t13-,14-/m1/s1. The molecule has 1 aromatic heterocycles. The van der Waals surface area contributed by atoms with Crippen LogP contribution in [0.2, 0.25) is 0 Å². The molecule has 3 rings (SSSR count). The third kappa shape index (κ3) is 3.28. The predicted molar refractivity (Wildman–Crippen MR) is 91.9 cm³/mol. The van der Waals surface area contributed by atoms with E-state index in [4.69, 9.17) is 4.74 Å². The number of aromatic nitrogens is 2. The molecule has 2 heterocycles. The Bertz CT molecular complexity index is 680. The quantitative estimate of drug-likeness (QED) is 0.881. The number of rotatable bonds is 6. The number of hydrogen-bond donors (Lipinski definition) is 1. The van der Waals surface area contributed by atoms with Crippen LogP contribution in [-0.2, 0) is 4.79 Å². The summed E-state index contributed by atoms with van der Waals surface area (Å²) in [7, 11) is 1.64. The van der Waals surface area contributed by atoms with Crippen LogP contribution in [0.15, 0.2) is 42.7 Å². The molecule has 2 aromatic rings. The highest BCUT2D eigenvalue weighted by molar-refractivity contribution is 5.82. The fraction of sp³-hybridized carbons (Fsp3) is 0.444. The van der Waals surface area contributed by atoms with Gasteiger partial charge in [-0.1, -0.05) is 18.2 Å². The van der Waals surface area contributed by atoms with E-state index in [9.17, 15) is 4.79 Å². The fourth-order valence-corrected chi connectivity index (χ4v) is 3.07. The molecule has 24 heavy (non-hydrogen) atoms. The van der Waals surface area contributed by atoms with Crippen molar-refractivity contribution in [2.24, 2.45) is 0 Å². The molecule has 128 valence electrons. The molecule has 6 nitrogen and oxygen atoms in total. The molecular weight excluding hydrogens is 304 g/mol. The molecule has 0 unspecified atom stereocenters. The largest absolute Gasteiger partial charge is 0.496 e. The van der Waals surface area contributed by atoms with Gasteiger partial charge in [0.2, 0.25) is 5.91 Å². The maximum absolute atomic E-state index is 12.5. The average Bonchev–Trinajstić information content (AvgIpc) is 3.07. The van der Waals surface area contributed by atoms with Gasteiger partial charge in [0, 0.05) is 31.0 Å². The summed E-state index contributed by atoms with van der Waals surface area (Å²) < 4.78 is 7.33. The van der Waals surface area contributed by atoms with E-state index >= 15 is 0 Å². The lowest BCUT2D eigenvalue weighted by Gasteiger charge is -2.42. The molecule has 2 atom stereocenters. The van der Waals surface area contributed by atoms with Crippen molar-refractivity contribution in [2.75, 3.05) is 20.2 Å². The summed E-state index contributed by atoms with van der Waals surface area (Å²) in [6.45, 7) is 5.62. The van der Waals surface area contributed by atoms with Gasteiger partial charge in [-0.25, -0.2) is 0 Å². The Hall–Kier alpha value is -2.34. The zero-order valence-corrected chi connectivity index (χ0v) is 14.3. The first-order valence-corrected chi connectivity index (χ1v) is 8.26. The number of nitrogens with one attached hydrogen (secondary N) is 1. The van der Waals surface area contributed by atoms with Crippen molar-refractivity contribution in [3.63, 3.8) is 0 Å². The highest BCUT2D eigenvalue weighted by Crippen LogP contribution is 2.26. The Kier molecular flexibility index (Phi) is 4.85. The van der Waals surface area contributed by atoms with Crippen LogP contribution in [0.3, 0.4) is 0 Å². The zero-order valence-electron chi connectivity index (χ0n) is 14.3. The normalized spacial score (nSPS) is 17.8. The smallest absolute Gasteiger partial charge is 0.237 e. The van der Waals surface area contributed by atoms with Crippen molar-refractivity contribution < 1.29 is 9.53 Å². The average molecular weight is 328 g/mol. The number of nitrogens with zero attached hydrogens (tertiary/aromatic N) is 3. The second-order valence-corrected chi connectivity index (χ2v) is 6.24. The Morgan fingerprint density at radius 1 is 1.29 bits per heavy atom. The first-order chi connectivity index (χ1) is 11.6. The fourth-order valence-electron chi connectivity index (χ4n) is 3.07. The monoisotopic (exact) mass is 328 g/mol. The number of amides is 1. The first-order valence-electron chi connectivity index (χ1n) is 8.26. The van der Waals surface area contributed by atoms with Crippen molar-refractivity contribution in [3.8, 4) is 5.75 Å².